The van der Waals surface area contributed by atoms with Crippen molar-refractivity contribution in [1.29, 1.82) is 0 Å². The number of carbonyl (C=O) groups excluding carboxylic acids is 1. The number of nitrogens with zero attached hydrogens (tertiary/aromatic N) is 2. The molecule has 5 nitrogen and oxygen atoms in total. The van der Waals surface area contributed by atoms with E-state index >= 15 is 0 Å². The molecule has 0 saturated carbocycles. The molecule has 0 radical (unpaired) electrons. The summed E-state index contributed by atoms with van der Waals surface area (Å²) in [5.41, 5.74) is 0.822. The summed E-state index contributed by atoms with van der Waals surface area (Å²) in [5.74, 6) is -3.92. The van der Waals surface area contributed by atoms with Crippen molar-refractivity contribution in [2.24, 2.45) is 0 Å². The van der Waals surface area contributed by atoms with Crippen LogP contribution in [0.3, 0.4) is 0 Å². The number of carbonyl (C=O) groups is 1. The van der Waals surface area contributed by atoms with Crippen molar-refractivity contribution in [1.82, 2.24) is 9.80 Å². The second-order valence-corrected chi connectivity index (χ2v) is 6.67. The fraction of sp³-hybridized carbons (Fsp3) is 0.350. The van der Waals surface area contributed by atoms with Crippen LogP contribution >= 0.6 is 0 Å². The van der Waals surface area contributed by atoms with Crippen molar-refractivity contribution in [2.75, 3.05) is 45.2 Å². The average Bonchev–Trinajstić information content (AvgIpc) is 2.70. The smallest absolute Gasteiger partial charge is 0.238 e. The highest BCUT2D eigenvalue weighted by Crippen LogP contribution is 2.19. The first-order valence-electron chi connectivity index (χ1n) is 8.97. The number of piperazine rings is 1. The van der Waals surface area contributed by atoms with E-state index in [1.165, 1.54) is 5.56 Å². The molecule has 0 atom stereocenters. The van der Waals surface area contributed by atoms with E-state index in [0.717, 1.165) is 37.5 Å². The summed E-state index contributed by atoms with van der Waals surface area (Å²) in [6, 6.07) is 9.69. The van der Waals surface area contributed by atoms with Crippen LogP contribution in [-0.4, -0.2) is 55.5 Å². The van der Waals surface area contributed by atoms with Crippen molar-refractivity contribution in [2.45, 2.75) is 6.54 Å². The molecule has 8 heteroatoms. The van der Waals surface area contributed by atoms with Crippen molar-refractivity contribution in [3.8, 4) is 5.75 Å². The van der Waals surface area contributed by atoms with Crippen LogP contribution in [0.2, 0.25) is 0 Å². The minimum Gasteiger partial charge on any atom is -0.497 e. The van der Waals surface area contributed by atoms with Gasteiger partial charge in [-0.1, -0.05) is 12.1 Å². The quantitative estimate of drug-likeness (QED) is 0.767. The zero-order valence-electron chi connectivity index (χ0n) is 15.6. The minimum absolute atomic E-state index is 0.0643. The molecule has 0 spiro atoms. The zero-order chi connectivity index (χ0) is 20.1. The van der Waals surface area contributed by atoms with Crippen LogP contribution < -0.4 is 10.1 Å². The summed E-state index contributed by atoms with van der Waals surface area (Å²) in [6.07, 6.45) is 0. The Kier molecular flexibility index (Phi) is 6.53. The summed E-state index contributed by atoms with van der Waals surface area (Å²) in [4.78, 5) is 16.3. The topological polar surface area (TPSA) is 44.8 Å². The number of anilines is 1. The predicted molar refractivity (Wildman–Crippen MR) is 99.7 cm³/mol. The first kappa shape index (κ1) is 20.2. The second-order valence-electron chi connectivity index (χ2n) is 6.67. The van der Waals surface area contributed by atoms with Crippen molar-refractivity contribution >= 4 is 11.6 Å². The standard InChI is InChI=1S/C20H22F3N3O2/c1-28-15-4-2-14(3-5-15)12-25-8-10-26(11-9-25)13-18(27)24-17-7-6-16(21)19(22)20(17)23/h2-7H,8-13H2,1H3,(H,24,27). The lowest BCUT2D eigenvalue weighted by Gasteiger charge is -2.34. The van der Waals surface area contributed by atoms with Gasteiger partial charge in [-0.15, -0.1) is 0 Å². The highest BCUT2D eigenvalue weighted by Gasteiger charge is 2.20. The molecule has 150 valence electrons. The third-order valence-corrected chi connectivity index (χ3v) is 4.71. The highest BCUT2D eigenvalue weighted by atomic mass is 19.2. The molecule has 1 heterocycles. The summed E-state index contributed by atoms with van der Waals surface area (Å²) >= 11 is 0. The van der Waals surface area contributed by atoms with E-state index in [4.69, 9.17) is 4.74 Å². The number of amides is 1. The minimum atomic E-state index is -1.59. The highest BCUT2D eigenvalue weighted by molar-refractivity contribution is 5.92. The lowest BCUT2D eigenvalue weighted by atomic mass is 10.2. The van der Waals surface area contributed by atoms with Gasteiger partial charge in [0.1, 0.15) is 5.75 Å². The van der Waals surface area contributed by atoms with Crippen LogP contribution in [-0.2, 0) is 11.3 Å². The number of nitrogens with one attached hydrogen (secondary N) is 1. The van der Waals surface area contributed by atoms with E-state index in [9.17, 15) is 18.0 Å². The average molecular weight is 393 g/mol. The molecule has 0 aliphatic carbocycles. The van der Waals surface area contributed by atoms with Gasteiger partial charge in [0.05, 0.1) is 19.3 Å². The van der Waals surface area contributed by atoms with E-state index in [1.54, 1.807) is 7.11 Å². The van der Waals surface area contributed by atoms with Crippen molar-refractivity contribution in [3.63, 3.8) is 0 Å². The maximum absolute atomic E-state index is 13.6. The van der Waals surface area contributed by atoms with Crippen LogP contribution in [0.5, 0.6) is 5.75 Å². The van der Waals surface area contributed by atoms with Gasteiger partial charge in [-0.05, 0) is 29.8 Å². The summed E-state index contributed by atoms with van der Waals surface area (Å²) in [5, 5.41) is 2.30. The fourth-order valence-electron chi connectivity index (χ4n) is 3.11. The Labute approximate surface area is 161 Å². The number of ether oxygens (including phenoxy) is 1. The third kappa shape index (κ3) is 5.02. The summed E-state index contributed by atoms with van der Waals surface area (Å²) < 4.78 is 45.0. The summed E-state index contributed by atoms with van der Waals surface area (Å²) in [7, 11) is 1.63. The molecule has 1 saturated heterocycles. The molecule has 1 N–H and O–H groups in total. The third-order valence-electron chi connectivity index (χ3n) is 4.71. The number of halogens is 3. The number of methoxy groups -OCH3 is 1. The lowest BCUT2D eigenvalue weighted by molar-refractivity contribution is -0.117. The zero-order valence-corrected chi connectivity index (χ0v) is 15.6. The first-order valence-corrected chi connectivity index (χ1v) is 8.97. The number of hydrogen-bond acceptors (Lipinski definition) is 4. The molecule has 2 aromatic rings. The number of rotatable bonds is 6. The summed E-state index contributed by atoms with van der Waals surface area (Å²) in [6.45, 7) is 3.82. The number of benzene rings is 2. The SMILES string of the molecule is COc1ccc(CN2CCN(CC(=O)Nc3ccc(F)c(F)c3F)CC2)cc1. The molecule has 1 amide bonds. The van der Waals surface area contributed by atoms with Gasteiger partial charge in [0.15, 0.2) is 17.5 Å². The Bertz CT molecular complexity index is 822. The van der Waals surface area contributed by atoms with Crippen molar-refractivity contribution < 1.29 is 22.7 Å². The van der Waals surface area contributed by atoms with Gasteiger partial charge in [-0.2, -0.15) is 0 Å². The van der Waals surface area contributed by atoms with Gasteiger partial charge < -0.3 is 10.1 Å². The van der Waals surface area contributed by atoms with E-state index in [-0.39, 0.29) is 12.2 Å². The Balaban J connectivity index is 1.46. The van der Waals surface area contributed by atoms with Gasteiger partial charge in [-0.3, -0.25) is 14.6 Å². The lowest BCUT2D eigenvalue weighted by Crippen LogP contribution is -2.48. The Morgan fingerprint density at radius 3 is 2.25 bits per heavy atom. The van der Waals surface area contributed by atoms with E-state index in [1.807, 2.05) is 29.2 Å². The van der Waals surface area contributed by atoms with Crippen molar-refractivity contribution in [3.05, 3.63) is 59.4 Å². The molecule has 0 unspecified atom stereocenters. The molecule has 28 heavy (non-hydrogen) atoms. The first-order chi connectivity index (χ1) is 13.5. The van der Waals surface area contributed by atoms with Gasteiger partial charge >= 0.3 is 0 Å². The van der Waals surface area contributed by atoms with Crippen LogP contribution in [0.25, 0.3) is 0 Å². The van der Waals surface area contributed by atoms with Gasteiger partial charge in [0.25, 0.3) is 0 Å². The van der Waals surface area contributed by atoms with E-state index in [0.29, 0.717) is 13.1 Å². The van der Waals surface area contributed by atoms with Gasteiger partial charge in [0.2, 0.25) is 5.91 Å². The van der Waals surface area contributed by atoms with E-state index < -0.39 is 23.4 Å². The molecule has 2 aromatic carbocycles. The predicted octanol–water partition coefficient (Wildman–Crippen LogP) is 2.87. The Hall–Kier alpha value is -2.58. The van der Waals surface area contributed by atoms with Crippen LogP contribution in [0, 0.1) is 17.5 Å². The Morgan fingerprint density at radius 1 is 0.964 bits per heavy atom. The van der Waals surface area contributed by atoms with Gasteiger partial charge in [0, 0.05) is 32.7 Å². The Morgan fingerprint density at radius 2 is 1.61 bits per heavy atom. The van der Waals surface area contributed by atoms with Gasteiger partial charge in [-0.25, -0.2) is 13.2 Å². The van der Waals surface area contributed by atoms with E-state index in [2.05, 4.69) is 10.2 Å². The maximum Gasteiger partial charge on any atom is 0.238 e. The monoisotopic (exact) mass is 393 g/mol. The second kappa shape index (κ2) is 9.07. The molecule has 1 fully saturated rings. The van der Waals surface area contributed by atoms with Crippen LogP contribution in [0.1, 0.15) is 5.56 Å². The largest absolute Gasteiger partial charge is 0.497 e. The molecule has 1 aliphatic heterocycles. The van der Waals surface area contributed by atoms with Crippen LogP contribution in [0.15, 0.2) is 36.4 Å². The van der Waals surface area contributed by atoms with Crippen LogP contribution in [0.4, 0.5) is 18.9 Å². The molecule has 3 rings (SSSR count). The fourth-order valence-corrected chi connectivity index (χ4v) is 3.11. The normalized spacial score (nSPS) is 15.4. The molecule has 1 aliphatic rings. The molecule has 0 aromatic heterocycles. The number of hydrogen-bond donors (Lipinski definition) is 1. The maximum atomic E-state index is 13.6. The molecular weight excluding hydrogens is 371 g/mol. The molecular formula is C20H22F3N3O2. The molecule has 0 bridgehead atoms.